The maximum Gasteiger partial charge on any atom is 0.418 e. The van der Waals surface area contributed by atoms with Gasteiger partial charge in [-0.3, -0.25) is 4.79 Å². The van der Waals surface area contributed by atoms with Crippen molar-refractivity contribution >= 4 is 21.6 Å². The highest BCUT2D eigenvalue weighted by atomic mass is 32.2. The number of carbonyl (C=O) groups excluding carboxylic acids is 1. The van der Waals surface area contributed by atoms with Crippen LogP contribution in [-0.2, 0) is 21.0 Å². The van der Waals surface area contributed by atoms with E-state index in [-0.39, 0.29) is 29.4 Å². The Kier molecular flexibility index (Phi) is 6.99. The van der Waals surface area contributed by atoms with E-state index in [0.29, 0.717) is 18.6 Å². The molecule has 0 radical (unpaired) electrons. The Bertz CT molecular complexity index is 1090. The number of ether oxygens (including phenoxy) is 2. The number of nitrogens with one attached hydrogen (secondary N) is 1. The number of carbonyl (C=O) groups is 1. The number of piperidine rings is 1. The molecular formula is C21H23F3N2O5S. The predicted molar refractivity (Wildman–Crippen MR) is 111 cm³/mol. The van der Waals surface area contributed by atoms with Crippen molar-refractivity contribution in [3.8, 4) is 11.5 Å². The van der Waals surface area contributed by atoms with Gasteiger partial charge in [0.25, 0.3) is 0 Å². The van der Waals surface area contributed by atoms with Crippen molar-refractivity contribution in [3.63, 3.8) is 0 Å². The Balaban J connectivity index is 1.79. The van der Waals surface area contributed by atoms with Gasteiger partial charge >= 0.3 is 6.18 Å². The number of sulfonamides is 1. The fourth-order valence-electron chi connectivity index (χ4n) is 3.57. The van der Waals surface area contributed by atoms with E-state index < -0.39 is 33.6 Å². The van der Waals surface area contributed by atoms with Crippen LogP contribution in [0.1, 0.15) is 18.4 Å². The summed E-state index contributed by atoms with van der Waals surface area (Å²) >= 11 is 0. The number of methoxy groups -OCH3 is 2. The van der Waals surface area contributed by atoms with Gasteiger partial charge in [0.1, 0.15) is 0 Å². The van der Waals surface area contributed by atoms with Gasteiger partial charge in [0, 0.05) is 19.2 Å². The zero-order valence-corrected chi connectivity index (χ0v) is 18.3. The molecule has 1 aliphatic rings. The quantitative estimate of drug-likeness (QED) is 0.692. The molecule has 2 aromatic carbocycles. The van der Waals surface area contributed by atoms with Gasteiger partial charge in [-0.25, -0.2) is 8.42 Å². The summed E-state index contributed by atoms with van der Waals surface area (Å²) in [6.45, 7) is 0.0519. The summed E-state index contributed by atoms with van der Waals surface area (Å²) in [6.07, 6.45) is -3.87. The summed E-state index contributed by atoms with van der Waals surface area (Å²) in [5.74, 6) is -0.844. The van der Waals surface area contributed by atoms with Crippen LogP contribution in [0, 0.1) is 5.92 Å². The molecular weight excluding hydrogens is 449 g/mol. The molecule has 1 N–H and O–H groups in total. The van der Waals surface area contributed by atoms with Gasteiger partial charge in [-0.1, -0.05) is 12.1 Å². The largest absolute Gasteiger partial charge is 0.493 e. The number of hydrogen-bond donors (Lipinski definition) is 1. The summed E-state index contributed by atoms with van der Waals surface area (Å²) in [5, 5.41) is 2.31. The van der Waals surface area contributed by atoms with Crippen molar-refractivity contribution in [3.05, 3.63) is 48.0 Å². The van der Waals surface area contributed by atoms with E-state index in [1.165, 1.54) is 50.6 Å². The molecule has 1 heterocycles. The highest BCUT2D eigenvalue weighted by Gasteiger charge is 2.36. The lowest BCUT2D eigenvalue weighted by Gasteiger charge is -2.31. The van der Waals surface area contributed by atoms with E-state index in [1.54, 1.807) is 0 Å². The zero-order chi connectivity index (χ0) is 23.5. The first kappa shape index (κ1) is 23.9. The van der Waals surface area contributed by atoms with E-state index in [9.17, 15) is 26.4 Å². The average Bonchev–Trinajstić information content (AvgIpc) is 2.78. The van der Waals surface area contributed by atoms with Crippen LogP contribution < -0.4 is 14.8 Å². The van der Waals surface area contributed by atoms with Gasteiger partial charge in [0.2, 0.25) is 15.9 Å². The molecule has 7 nitrogen and oxygen atoms in total. The van der Waals surface area contributed by atoms with Crippen LogP contribution in [0.4, 0.5) is 18.9 Å². The number of benzene rings is 2. The van der Waals surface area contributed by atoms with Gasteiger partial charge in [-0.2, -0.15) is 17.5 Å². The second kappa shape index (κ2) is 9.37. The third-order valence-corrected chi connectivity index (χ3v) is 7.10. The van der Waals surface area contributed by atoms with E-state index in [0.717, 1.165) is 10.4 Å². The number of alkyl halides is 3. The van der Waals surface area contributed by atoms with Gasteiger partial charge < -0.3 is 14.8 Å². The van der Waals surface area contributed by atoms with Crippen molar-refractivity contribution in [1.29, 1.82) is 0 Å². The highest BCUT2D eigenvalue weighted by Crippen LogP contribution is 2.35. The van der Waals surface area contributed by atoms with Crippen LogP contribution in [0.25, 0.3) is 0 Å². The van der Waals surface area contributed by atoms with Crippen molar-refractivity contribution < 1.29 is 35.9 Å². The van der Waals surface area contributed by atoms with Crippen molar-refractivity contribution in [2.75, 3.05) is 32.6 Å². The molecule has 32 heavy (non-hydrogen) atoms. The Morgan fingerprint density at radius 2 is 1.78 bits per heavy atom. The molecule has 0 unspecified atom stereocenters. The Morgan fingerprint density at radius 3 is 2.44 bits per heavy atom. The minimum Gasteiger partial charge on any atom is -0.493 e. The number of amides is 1. The predicted octanol–water partition coefficient (Wildman–Crippen LogP) is 3.76. The SMILES string of the molecule is COc1ccc(S(=O)(=O)N2CCC[C@@H](C(=O)Nc3ccccc3C(F)(F)F)C2)cc1OC. The minimum atomic E-state index is -4.63. The van der Waals surface area contributed by atoms with Crippen LogP contribution in [0.2, 0.25) is 0 Å². The Labute approximate surface area is 184 Å². The lowest BCUT2D eigenvalue weighted by Crippen LogP contribution is -2.43. The second-order valence-electron chi connectivity index (χ2n) is 7.25. The fourth-order valence-corrected chi connectivity index (χ4v) is 5.11. The lowest BCUT2D eigenvalue weighted by molar-refractivity contribution is -0.137. The standard InChI is InChI=1S/C21H23F3N2O5S/c1-30-18-10-9-15(12-19(18)31-2)32(28,29)26-11-5-6-14(13-26)20(27)25-17-8-4-3-7-16(17)21(22,23)24/h3-4,7-10,12,14H,5-6,11,13H2,1-2H3,(H,25,27)/t14-/m1/s1. The second-order valence-corrected chi connectivity index (χ2v) is 9.19. The molecule has 1 saturated heterocycles. The highest BCUT2D eigenvalue weighted by molar-refractivity contribution is 7.89. The zero-order valence-electron chi connectivity index (χ0n) is 17.5. The summed E-state index contributed by atoms with van der Waals surface area (Å²) in [7, 11) is -1.14. The van der Waals surface area contributed by atoms with Crippen molar-refractivity contribution in [2.24, 2.45) is 5.92 Å². The van der Waals surface area contributed by atoms with Crippen LogP contribution >= 0.6 is 0 Å². The fraction of sp³-hybridized carbons (Fsp3) is 0.381. The molecule has 2 aromatic rings. The monoisotopic (exact) mass is 472 g/mol. The molecule has 0 aliphatic carbocycles. The number of hydrogen-bond acceptors (Lipinski definition) is 5. The van der Waals surface area contributed by atoms with E-state index in [2.05, 4.69) is 5.32 Å². The number of rotatable bonds is 6. The Hall–Kier alpha value is -2.79. The minimum absolute atomic E-state index is 0.0291. The van der Waals surface area contributed by atoms with Gasteiger partial charge in [-0.15, -0.1) is 0 Å². The van der Waals surface area contributed by atoms with Crippen LogP contribution in [0.15, 0.2) is 47.4 Å². The van der Waals surface area contributed by atoms with Gasteiger partial charge in [-0.05, 0) is 37.1 Å². The molecule has 1 amide bonds. The molecule has 174 valence electrons. The third-order valence-electron chi connectivity index (χ3n) is 5.24. The molecule has 0 aromatic heterocycles. The first-order chi connectivity index (χ1) is 15.1. The number of para-hydroxylation sites is 1. The molecule has 0 saturated carbocycles. The van der Waals surface area contributed by atoms with Crippen molar-refractivity contribution in [2.45, 2.75) is 23.9 Å². The smallest absolute Gasteiger partial charge is 0.418 e. The topological polar surface area (TPSA) is 84.9 Å². The maximum atomic E-state index is 13.2. The normalized spacial score (nSPS) is 17.6. The average molecular weight is 472 g/mol. The lowest BCUT2D eigenvalue weighted by atomic mass is 9.98. The van der Waals surface area contributed by atoms with E-state index in [4.69, 9.17) is 9.47 Å². The van der Waals surface area contributed by atoms with Gasteiger partial charge in [0.15, 0.2) is 11.5 Å². The molecule has 11 heteroatoms. The van der Waals surface area contributed by atoms with Crippen LogP contribution in [0.5, 0.6) is 11.5 Å². The molecule has 1 atom stereocenters. The number of nitrogens with zero attached hydrogens (tertiary/aromatic N) is 1. The molecule has 0 spiro atoms. The molecule has 1 aliphatic heterocycles. The summed E-state index contributed by atoms with van der Waals surface area (Å²) in [6, 6.07) is 8.84. The number of halogens is 3. The van der Waals surface area contributed by atoms with Crippen LogP contribution in [0.3, 0.4) is 0 Å². The van der Waals surface area contributed by atoms with Gasteiger partial charge in [0.05, 0.1) is 36.3 Å². The number of anilines is 1. The molecule has 0 bridgehead atoms. The van der Waals surface area contributed by atoms with E-state index >= 15 is 0 Å². The summed E-state index contributed by atoms with van der Waals surface area (Å²) in [4.78, 5) is 12.7. The summed E-state index contributed by atoms with van der Waals surface area (Å²) in [5.41, 5.74) is -1.32. The third kappa shape index (κ3) is 4.99. The van der Waals surface area contributed by atoms with Crippen molar-refractivity contribution in [1.82, 2.24) is 4.31 Å². The Morgan fingerprint density at radius 1 is 1.09 bits per heavy atom. The molecule has 3 rings (SSSR count). The first-order valence-electron chi connectivity index (χ1n) is 9.77. The summed E-state index contributed by atoms with van der Waals surface area (Å²) < 4.78 is 77.3. The first-order valence-corrected chi connectivity index (χ1v) is 11.2. The maximum absolute atomic E-state index is 13.2. The van der Waals surface area contributed by atoms with E-state index in [1.807, 2.05) is 0 Å². The molecule has 1 fully saturated rings. The van der Waals surface area contributed by atoms with Crippen LogP contribution in [-0.4, -0.2) is 45.9 Å².